The molecule has 1 aromatic carbocycles. The van der Waals surface area contributed by atoms with E-state index in [-0.39, 0.29) is 31.1 Å². The molecule has 1 fully saturated rings. The van der Waals surface area contributed by atoms with Gasteiger partial charge in [0.15, 0.2) is 0 Å². The van der Waals surface area contributed by atoms with Crippen LogP contribution in [0.3, 0.4) is 0 Å². The zero-order chi connectivity index (χ0) is 17.6. The molecule has 0 bridgehead atoms. The molecule has 1 aromatic heterocycles. The number of aromatic nitrogens is 1. The SMILES string of the molecule is O=C(OCC1CC(CO)CO1)c1ccncc1Nc1cccc(F)c1. The van der Waals surface area contributed by atoms with Crippen molar-refractivity contribution < 1.29 is 23.8 Å². The average Bonchev–Trinajstić information content (AvgIpc) is 3.08. The number of hydrogen-bond donors (Lipinski definition) is 2. The van der Waals surface area contributed by atoms with E-state index in [1.165, 1.54) is 30.6 Å². The molecule has 0 aliphatic carbocycles. The minimum atomic E-state index is -0.516. The topological polar surface area (TPSA) is 80.7 Å². The molecule has 6 nitrogen and oxygen atoms in total. The van der Waals surface area contributed by atoms with Gasteiger partial charge in [0.25, 0.3) is 0 Å². The first-order valence-electron chi connectivity index (χ1n) is 8.02. The van der Waals surface area contributed by atoms with Gasteiger partial charge in [-0.25, -0.2) is 9.18 Å². The fourth-order valence-electron chi connectivity index (χ4n) is 2.66. The van der Waals surface area contributed by atoms with Crippen LogP contribution < -0.4 is 5.32 Å². The summed E-state index contributed by atoms with van der Waals surface area (Å²) in [5.41, 5.74) is 1.24. The average molecular weight is 346 g/mol. The molecule has 0 amide bonds. The van der Waals surface area contributed by atoms with Crippen molar-refractivity contribution in [3.05, 3.63) is 54.1 Å². The molecular formula is C18H19FN2O4. The Balaban J connectivity index is 1.64. The monoisotopic (exact) mass is 346 g/mol. The number of nitrogens with one attached hydrogen (secondary N) is 1. The van der Waals surface area contributed by atoms with Crippen LogP contribution in [0.2, 0.25) is 0 Å². The molecule has 1 saturated heterocycles. The molecule has 2 atom stereocenters. The van der Waals surface area contributed by atoms with Gasteiger partial charge < -0.3 is 19.9 Å². The van der Waals surface area contributed by atoms with Crippen LogP contribution in [-0.2, 0) is 9.47 Å². The molecule has 3 rings (SSSR count). The van der Waals surface area contributed by atoms with Crippen molar-refractivity contribution in [2.24, 2.45) is 5.92 Å². The lowest BCUT2D eigenvalue weighted by Gasteiger charge is -2.13. The second kappa shape index (κ2) is 8.04. The minimum absolute atomic E-state index is 0.0660. The highest BCUT2D eigenvalue weighted by Gasteiger charge is 2.26. The molecule has 2 aromatic rings. The molecule has 0 saturated carbocycles. The van der Waals surface area contributed by atoms with Crippen LogP contribution in [0, 0.1) is 11.7 Å². The maximum Gasteiger partial charge on any atom is 0.340 e. The van der Waals surface area contributed by atoms with Crippen molar-refractivity contribution in [3.8, 4) is 0 Å². The van der Waals surface area contributed by atoms with E-state index in [1.54, 1.807) is 12.1 Å². The molecule has 2 N–H and O–H groups in total. The number of ether oxygens (including phenoxy) is 2. The Labute approximate surface area is 144 Å². The first kappa shape index (κ1) is 17.3. The van der Waals surface area contributed by atoms with Crippen LogP contribution >= 0.6 is 0 Å². The van der Waals surface area contributed by atoms with Crippen LogP contribution in [0.25, 0.3) is 0 Å². The van der Waals surface area contributed by atoms with Gasteiger partial charge >= 0.3 is 5.97 Å². The molecule has 2 unspecified atom stereocenters. The van der Waals surface area contributed by atoms with Gasteiger partial charge in [-0.05, 0) is 30.7 Å². The van der Waals surface area contributed by atoms with E-state index in [2.05, 4.69) is 10.3 Å². The van der Waals surface area contributed by atoms with Crippen molar-refractivity contribution in [1.82, 2.24) is 4.98 Å². The molecule has 0 spiro atoms. The van der Waals surface area contributed by atoms with Crippen molar-refractivity contribution >= 4 is 17.3 Å². The van der Waals surface area contributed by atoms with Gasteiger partial charge in [-0.3, -0.25) is 4.98 Å². The number of pyridine rings is 1. The highest BCUT2D eigenvalue weighted by Crippen LogP contribution is 2.23. The first-order valence-corrected chi connectivity index (χ1v) is 8.02. The summed E-state index contributed by atoms with van der Waals surface area (Å²) < 4.78 is 24.1. The maximum absolute atomic E-state index is 13.3. The molecule has 1 aliphatic heterocycles. The number of carbonyl (C=O) groups is 1. The number of benzene rings is 1. The Hall–Kier alpha value is -2.51. The highest BCUT2D eigenvalue weighted by molar-refractivity contribution is 5.96. The summed E-state index contributed by atoms with van der Waals surface area (Å²) in [6.45, 7) is 0.661. The summed E-state index contributed by atoms with van der Waals surface area (Å²) in [4.78, 5) is 16.3. The molecule has 0 radical (unpaired) electrons. The van der Waals surface area contributed by atoms with Gasteiger partial charge in [0.1, 0.15) is 12.4 Å². The zero-order valence-corrected chi connectivity index (χ0v) is 13.5. The quantitative estimate of drug-likeness (QED) is 0.783. The second-order valence-electron chi connectivity index (χ2n) is 5.89. The number of rotatable bonds is 6. The Morgan fingerprint density at radius 2 is 2.32 bits per heavy atom. The van der Waals surface area contributed by atoms with Gasteiger partial charge in [0.05, 0.1) is 30.2 Å². The lowest BCUT2D eigenvalue weighted by Crippen LogP contribution is -2.19. The smallest absolute Gasteiger partial charge is 0.340 e. The summed E-state index contributed by atoms with van der Waals surface area (Å²) in [6.07, 6.45) is 3.42. The predicted molar refractivity (Wildman–Crippen MR) is 89.1 cm³/mol. The number of halogens is 1. The molecule has 25 heavy (non-hydrogen) atoms. The van der Waals surface area contributed by atoms with Crippen molar-refractivity contribution in [2.75, 3.05) is 25.1 Å². The first-order chi connectivity index (χ1) is 12.2. The van der Waals surface area contributed by atoms with Crippen molar-refractivity contribution in [3.63, 3.8) is 0 Å². The van der Waals surface area contributed by atoms with Gasteiger partial charge in [-0.2, -0.15) is 0 Å². The maximum atomic E-state index is 13.3. The lowest BCUT2D eigenvalue weighted by atomic mass is 10.1. The summed E-state index contributed by atoms with van der Waals surface area (Å²) in [5.74, 6) is -0.804. The molecule has 1 aliphatic rings. The van der Waals surface area contributed by atoms with E-state index in [1.807, 2.05) is 0 Å². The van der Waals surface area contributed by atoms with Gasteiger partial charge in [0.2, 0.25) is 0 Å². The van der Waals surface area contributed by atoms with E-state index in [0.29, 0.717) is 30.0 Å². The molecule has 132 valence electrons. The van der Waals surface area contributed by atoms with Gasteiger partial charge in [-0.15, -0.1) is 0 Å². The van der Waals surface area contributed by atoms with Gasteiger partial charge in [-0.1, -0.05) is 6.07 Å². The fraction of sp³-hybridized carbons (Fsp3) is 0.333. The number of aliphatic hydroxyl groups is 1. The third-order valence-corrected chi connectivity index (χ3v) is 3.97. The molecule has 7 heteroatoms. The van der Waals surface area contributed by atoms with Gasteiger partial charge in [0, 0.05) is 24.4 Å². The van der Waals surface area contributed by atoms with Crippen LogP contribution in [0.1, 0.15) is 16.8 Å². The lowest BCUT2D eigenvalue weighted by molar-refractivity contribution is 0.0155. The largest absolute Gasteiger partial charge is 0.459 e. The standard InChI is InChI=1S/C18H19FN2O4/c19-13-2-1-3-14(7-13)21-17-8-20-5-4-16(17)18(23)25-11-15-6-12(9-22)10-24-15/h1-5,7-8,12,15,21-22H,6,9-11H2. The molecular weight excluding hydrogens is 327 g/mol. The number of hydrogen-bond acceptors (Lipinski definition) is 6. The normalized spacial score (nSPS) is 19.6. The summed E-state index contributed by atoms with van der Waals surface area (Å²) in [6, 6.07) is 7.46. The van der Waals surface area contributed by atoms with E-state index in [4.69, 9.17) is 14.6 Å². The number of nitrogens with zero attached hydrogens (tertiary/aromatic N) is 1. The summed E-state index contributed by atoms with van der Waals surface area (Å²) in [5, 5.41) is 12.1. The van der Waals surface area contributed by atoms with Crippen LogP contribution in [0.15, 0.2) is 42.7 Å². The van der Waals surface area contributed by atoms with Crippen molar-refractivity contribution in [1.29, 1.82) is 0 Å². The predicted octanol–water partition coefficient (Wildman–Crippen LogP) is 2.52. The Bertz CT molecular complexity index is 741. The van der Waals surface area contributed by atoms with Crippen LogP contribution in [0.5, 0.6) is 0 Å². The number of esters is 1. The Morgan fingerprint density at radius 3 is 3.08 bits per heavy atom. The summed E-state index contributed by atoms with van der Waals surface area (Å²) >= 11 is 0. The van der Waals surface area contributed by atoms with Crippen LogP contribution in [-0.4, -0.2) is 42.0 Å². The zero-order valence-electron chi connectivity index (χ0n) is 13.5. The second-order valence-corrected chi connectivity index (χ2v) is 5.89. The third-order valence-electron chi connectivity index (χ3n) is 3.97. The van der Waals surface area contributed by atoms with E-state index < -0.39 is 5.97 Å². The fourth-order valence-corrected chi connectivity index (χ4v) is 2.66. The highest BCUT2D eigenvalue weighted by atomic mass is 19.1. The minimum Gasteiger partial charge on any atom is -0.459 e. The Morgan fingerprint density at radius 1 is 1.44 bits per heavy atom. The third kappa shape index (κ3) is 4.52. The van der Waals surface area contributed by atoms with Crippen LogP contribution in [0.4, 0.5) is 15.8 Å². The number of aliphatic hydroxyl groups excluding tert-OH is 1. The Kier molecular flexibility index (Phi) is 5.57. The van der Waals surface area contributed by atoms with E-state index in [0.717, 1.165) is 0 Å². The molecule has 2 heterocycles. The van der Waals surface area contributed by atoms with E-state index in [9.17, 15) is 9.18 Å². The number of carbonyl (C=O) groups excluding carboxylic acids is 1. The van der Waals surface area contributed by atoms with Crippen molar-refractivity contribution in [2.45, 2.75) is 12.5 Å². The van der Waals surface area contributed by atoms with E-state index >= 15 is 0 Å². The summed E-state index contributed by atoms with van der Waals surface area (Å²) in [7, 11) is 0. The number of anilines is 2.